The molecular weight excluding hydrogens is 418 g/mol. The maximum absolute atomic E-state index is 12.7. The first kappa shape index (κ1) is 21.6. The van der Waals surface area contributed by atoms with Crippen molar-refractivity contribution in [2.24, 2.45) is 0 Å². The van der Waals surface area contributed by atoms with Gasteiger partial charge in [0.05, 0.1) is 6.20 Å². The summed E-state index contributed by atoms with van der Waals surface area (Å²) < 4.78 is 1.70. The lowest BCUT2D eigenvalue weighted by Crippen LogP contribution is -2.12. The monoisotopic (exact) mass is 441 g/mol. The summed E-state index contributed by atoms with van der Waals surface area (Å²) in [6, 6.07) is 15.6. The van der Waals surface area contributed by atoms with Crippen LogP contribution in [0.4, 0.5) is 28.7 Å². The third-order valence-electron chi connectivity index (χ3n) is 4.94. The molecule has 0 saturated carbocycles. The van der Waals surface area contributed by atoms with Gasteiger partial charge in [-0.3, -0.25) is 9.59 Å². The van der Waals surface area contributed by atoms with Crippen LogP contribution in [0.2, 0.25) is 0 Å². The summed E-state index contributed by atoms with van der Waals surface area (Å²) in [5.41, 5.74) is 10.1. The summed E-state index contributed by atoms with van der Waals surface area (Å²) in [6.45, 7) is 5.45. The Morgan fingerprint density at radius 2 is 1.82 bits per heavy atom. The number of benzene rings is 2. The molecule has 33 heavy (non-hydrogen) atoms. The number of hydrogen-bond donors (Lipinski definition) is 4. The highest BCUT2D eigenvalue weighted by Crippen LogP contribution is 2.24. The molecule has 0 saturated heterocycles. The lowest BCUT2D eigenvalue weighted by atomic mass is 10.2. The average Bonchev–Trinajstić information content (AvgIpc) is 3.22. The first-order valence-electron chi connectivity index (χ1n) is 10.3. The molecule has 0 bridgehead atoms. The molecule has 5 N–H and O–H groups in total. The minimum atomic E-state index is -0.314. The van der Waals surface area contributed by atoms with E-state index in [0.29, 0.717) is 34.2 Å². The molecule has 4 aromatic rings. The van der Waals surface area contributed by atoms with Crippen molar-refractivity contribution in [1.82, 2.24) is 14.6 Å². The number of nitrogen functional groups attached to an aromatic ring is 1. The van der Waals surface area contributed by atoms with E-state index in [9.17, 15) is 9.59 Å². The van der Waals surface area contributed by atoms with Crippen molar-refractivity contribution in [3.63, 3.8) is 0 Å². The molecule has 0 aliphatic carbocycles. The molecule has 2 heterocycles. The first-order valence-corrected chi connectivity index (χ1v) is 10.3. The van der Waals surface area contributed by atoms with Gasteiger partial charge in [0.1, 0.15) is 11.6 Å². The predicted molar refractivity (Wildman–Crippen MR) is 130 cm³/mol. The maximum Gasteiger partial charge on any atom is 0.255 e. The van der Waals surface area contributed by atoms with Gasteiger partial charge in [-0.2, -0.15) is 9.61 Å². The third kappa shape index (κ3) is 4.82. The Morgan fingerprint density at radius 3 is 2.55 bits per heavy atom. The molecule has 0 spiro atoms. The third-order valence-corrected chi connectivity index (χ3v) is 4.94. The summed E-state index contributed by atoms with van der Waals surface area (Å²) in [6.07, 6.45) is 3.75. The van der Waals surface area contributed by atoms with Crippen LogP contribution in [0.3, 0.4) is 0 Å². The van der Waals surface area contributed by atoms with Crippen LogP contribution in [0.1, 0.15) is 22.8 Å². The van der Waals surface area contributed by atoms with E-state index in [4.69, 9.17) is 5.73 Å². The molecule has 0 unspecified atom stereocenters. The van der Waals surface area contributed by atoms with Crippen molar-refractivity contribution in [1.29, 1.82) is 0 Å². The van der Waals surface area contributed by atoms with E-state index < -0.39 is 0 Å². The number of fused-ring (bicyclic) bond motifs is 1. The normalized spacial score (nSPS) is 10.6. The Bertz CT molecular complexity index is 1340. The number of nitrogens with one attached hydrogen (secondary N) is 3. The van der Waals surface area contributed by atoms with Gasteiger partial charge in [-0.05, 0) is 55.0 Å². The minimum Gasteiger partial charge on any atom is -0.384 e. The lowest BCUT2D eigenvalue weighted by Gasteiger charge is -2.12. The van der Waals surface area contributed by atoms with Crippen LogP contribution in [0.5, 0.6) is 0 Å². The van der Waals surface area contributed by atoms with E-state index in [-0.39, 0.29) is 11.8 Å². The van der Waals surface area contributed by atoms with Crippen molar-refractivity contribution in [2.45, 2.75) is 13.3 Å². The zero-order valence-corrected chi connectivity index (χ0v) is 18.0. The van der Waals surface area contributed by atoms with Gasteiger partial charge in [0.2, 0.25) is 5.91 Å². The second kappa shape index (κ2) is 9.23. The summed E-state index contributed by atoms with van der Waals surface area (Å²) in [5, 5.41) is 13.2. The largest absolute Gasteiger partial charge is 0.384 e. The molecule has 2 amide bonds. The summed E-state index contributed by atoms with van der Waals surface area (Å²) >= 11 is 0. The molecular formula is C24H23N7O2. The molecule has 0 atom stereocenters. The smallest absolute Gasteiger partial charge is 0.255 e. The number of carbonyl (C=O) groups is 2. The van der Waals surface area contributed by atoms with Crippen molar-refractivity contribution >= 4 is 46.2 Å². The Balaban J connectivity index is 1.50. The van der Waals surface area contributed by atoms with Crippen molar-refractivity contribution in [3.8, 4) is 0 Å². The van der Waals surface area contributed by atoms with Crippen LogP contribution in [0.15, 0.2) is 73.4 Å². The Kier molecular flexibility index (Phi) is 6.03. The minimum absolute atomic E-state index is 0.274. The Hall–Kier alpha value is -4.66. The van der Waals surface area contributed by atoms with Gasteiger partial charge in [-0.15, -0.1) is 0 Å². The Labute approximate surface area is 190 Å². The van der Waals surface area contributed by atoms with Gasteiger partial charge in [-0.1, -0.05) is 19.6 Å². The highest BCUT2D eigenvalue weighted by Gasteiger charge is 2.11. The number of nitrogens with two attached hydrogens (primary N) is 1. The number of anilines is 5. The van der Waals surface area contributed by atoms with Crippen molar-refractivity contribution in [2.75, 3.05) is 21.7 Å². The second-order valence-electron chi connectivity index (χ2n) is 7.26. The molecule has 0 radical (unpaired) electrons. The molecule has 2 aromatic carbocycles. The average molecular weight is 441 g/mol. The molecule has 4 rings (SSSR count). The highest BCUT2D eigenvalue weighted by atomic mass is 16.2. The van der Waals surface area contributed by atoms with E-state index in [0.717, 1.165) is 17.7 Å². The van der Waals surface area contributed by atoms with Crippen LogP contribution in [-0.2, 0) is 11.2 Å². The number of aryl methyl sites for hydroxylation is 1. The number of amides is 2. The zero-order chi connectivity index (χ0) is 23.4. The van der Waals surface area contributed by atoms with Crippen LogP contribution < -0.4 is 21.7 Å². The zero-order valence-electron chi connectivity index (χ0n) is 18.0. The topological polar surface area (TPSA) is 126 Å². The van der Waals surface area contributed by atoms with Crippen molar-refractivity contribution < 1.29 is 9.59 Å². The lowest BCUT2D eigenvalue weighted by molar-refractivity contribution is -0.111. The predicted octanol–water partition coefficient (Wildman–Crippen LogP) is 3.99. The van der Waals surface area contributed by atoms with Gasteiger partial charge in [0.25, 0.3) is 5.91 Å². The second-order valence-corrected chi connectivity index (χ2v) is 7.26. The molecule has 0 aliphatic heterocycles. The van der Waals surface area contributed by atoms with E-state index in [1.807, 2.05) is 25.1 Å². The van der Waals surface area contributed by atoms with Crippen LogP contribution in [0.25, 0.3) is 5.65 Å². The van der Waals surface area contributed by atoms with Crippen LogP contribution in [0, 0.1) is 0 Å². The van der Waals surface area contributed by atoms with Crippen LogP contribution in [-0.4, -0.2) is 26.4 Å². The Morgan fingerprint density at radius 1 is 1.06 bits per heavy atom. The van der Waals surface area contributed by atoms with Gasteiger partial charge < -0.3 is 21.7 Å². The quantitative estimate of drug-likeness (QED) is 0.321. The number of aromatic nitrogens is 3. The van der Waals surface area contributed by atoms with Gasteiger partial charge in [0, 0.05) is 34.3 Å². The standard InChI is InChI=1S/C24H23N7O2/c1-3-15-14-26-31-21(13-20(25)30-23(15)31)27-18-6-5-7-19(12-18)29-24(33)16-8-10-17(11-9-16)28-22(32)4-2/h4-14,27H,2-3H2,1H3,(H2,25,30)(H,28,32)(H,29,33). The fourth-order valence-electron chi connectivity index (χ4n) is 3.29. The number of nitrogens with zero attached hydrogens (tertiary/aromatic N) is 3. The van der Waals surface area contributed by atoms with Crippen LogP contribution >= 0.6 is 0 Å². The molecule has 2 aromatic heterocycles. The van der Waals surface area contributed by atoms with Gasteiger partial charge in [-0.25, -0.2) is 4.98 Å². The number of carbonyl (C=O) groups excluding carboxylic acids is 2. The number of rotatable bonds is 7. The fourth-order valence-corrected chi connectivity index (χ4v) is 3.29. The van der Waals surface area contributed by atoms with E-state index in [1.54, 1.807) is 47.1 Å². The van der Waals surface area contributed by atoms with E-state index in [2.05, 4.69) is 32.6 Å². The summed E-state index contributed by atoms with van der Waals surface area (Å²) in [7, 11) is 0. The first-order chi connectivity index (χ1) is 16.0. The maximum atomic E-state index is 12.7. The van der Waals surface area contributed by atoms with Gasteiger partial charge >= 0.3 is 0 Å². The van der Waals surface area contributed by atoms with E-state index in [1.165, 1.54) is 6.08 Å². The molecule has 0 aliphatic rings. The van der Waals surface area contributed by atoms with E-state index >= 15 is 0 Å². The molecule has 166 valence electrons. The SMILES string of the molecule is C=CC(=O)Nc1ccc(C(=O)Nc2cccc(Nc3cc(N)nc4c(CC)cnn34)c2)cc1. The highest BCUT2D eigenvalue weighted by molar-refractivity contribution is 6.05. The molecule has 9 heteroatoms. The van der Waals surface area contributed by atoms with Crippen molar-refractivity contribution in [3.05, 3.63) is 84.6 Å². The number of hydrogen-bond acceptors (Lipinski definition) is 6. The summed E-state index contributed by atoms with van der Waals surface area (Å²) in [5.74, 6) is 0.463. The summed E-state index contributed by atoms with van der Waals surface area (Å²) in [4.78, 5) is 28.4. The molecule has 9 nitrogen and oxygen atoms in total. The molecule has 0 fully saturated rings. The fraction of sp³-hybridized carbons (Fsp3) is 0.0833. The van der Waals surface area contributed by atoms with Gasteiger partial charge in [0.15, 0.2) is 5.65 Å².